The van der Waals surface area contributed by atoms with Crippen LogP contribution in [0.3, 0.4) is 0 Å². The van der Waals surface area contributed by atoms with Crippen LogP contribution in [0.1, 0.15) is 44.2 Å². The minimum Gasteiger partial charge on any atom is -0.349 e. The fourth-order valence-corrected chi connectivity index (χ4v) is 2.86. The van der Waals surface area contributed by atoms with Crippen LogP contribution in [0.5, 0.6) is 0 Å². The number of carbonyl (C=O) groups is 1. The zero-order valence-electron chi connectivity index (χ0n) is 11.2. The van der Waals surface area contributed by atoms with Gasteiger partial charge in [-0.1, -0.05) is 36.6 Å². The van der Waals surface area contributed by atoms with E-state index in [1.54, 1.807) is 0 Å². The number of carbonyl (C=O) groups excluding carboxylic acids is 1. The average Bonchev–Trinajstić information content (AvgIpc) is 2.39. The van der Waals surface area contributed by atoms with Crippen LogP contribution < -0.4 is 11.1 Å². The monoisotopic (exact) mass is 280 g/mol. The molecule has 0 spiro atoms. The van der Waals surface area contributed by atoms with Crippen molar-refractivity contribution >= 4 is 17.5 Å². The smallest absolute Gasteiger partial charge is 0.225 e. The van der Waals surface area contributed by atoms with Gasteiger partial charge in [-0.25, -0.2) is 0 Å². The average molecular weight is 281 g/mol. The second kappa shape index (κ2) is 6.40. The molecule has 0 aromatic heterocycles. The van der Waals surface area contributed by atoms with Crippen molar-refractivity contribution in [3.8, 4) is 0 Å². The Hall–Kier alpha value is -1.06. The van der Waals surface area contributed by atoms with E-state index in [-0.39, 0.29) is 23.9 Å². The van der Waals surface area contributed by atoms with Crippen LogP contribution in [0.25, 0.3) is 0 Å². The van der Waals surface area contributed by atoms with Crippen LogP contribution in [0.2, 0.25) is 5.02 Å². The lowest BCUT2D eigenvalue weighted by Crippen LogP contribution is -2.44. The largest absolute Gasteiger partial charge is 0.349 e. The molecule has 4 heteroatoms. The van der Waals surface area contributed by atoms with Gasteiger partial charge in [-0.15, -0.1) is 0 Å². The van der Waals surface area contributed by atoms with Crippen LogP contribution in [0, 0.1) is 5.92 Å². The van der Waals surface area contributed by atoms with E-state index in [1.165, 1.54) is 0 Å². The van der Waals surface area contributed by atoms with Crippen molar-refractivity contribution in [2.45, 2.75) is 44.7 Å². The van der Waals surface area contributed by atoms with E-state index in [0.29, 0.717) is 5.02 Å². The first-order valence-electron chi connectivity index (χ1n) is 6.89. The fraction of sp³-hybridized carbons (Fsp3) is 0.533. The molecule has 3 nitrogen and oxygen atoms in total. The van der Waals surface area contributed by atoms with Gasteiger partial charge in [0.05, 0.1) is 12.0 Å². The Morgan fingerprint density at radius 2 is 2.16 bits per heavy atom. The highest BCUT2D eigenvalue weighted by Gasteiger charge is 2.28. The SMILES string of the molecule is C[C@H](NC(=O)C1CCCCC1N)c1cccc(Cl)c1. The molecule has 0 bridgehead atoms. The third-order valence-electron chi connectivity index (χ3n) is 3.86. The van der Waals surface area contributed by atoms with Crippen LogP contribution in [-0.2, 0) is 4.79 Å². The van der Waals surface area contributed by atoms with E-state index in [0.717, 1.165) is 31.2 Å². The molecule has 3 N–H and O–H groups in total. The highest BCUT2D eigenvalue weighted by molar-refractivity contribution is 6.30. The highest BCUT2D eigenvalue weighted by atomic mass is 35.5. The lowest BCUT2D eigenvalue weighted by Gasteiger charge is -2.28. The summed E-state index contributed by atoms with van der Waals surface area (Å²) in [5, 5.41) is 3.73. The van der Waals surface area contributed by atoms with E-state index in [9.17, 15) is 4.79 Å². The third kappa shape index (κ3) is 3.71. The topological polar surface area (TPSA) is 55.1 Å². The van der Waals surface area contributed by atoms with E-state index < -0.39 is 0 Å². The highest BCUT2D eigenvalue weighted by Crippen LogP contribution is 2.24. The number of nitrogens with one attached hydrogen (secondary N) is 1. The summed E-state index contributed by atoms with van der Waals surface area (Å²) in [6.45, 7) is 1.97. The first-order valence-corrected chi connectivity index (χ1v) is 7.27. The quantitative estimate of drug-likeness (QED) is 0.894. The first kappa shape index (κ1) is 14.4. The van der Waals surface area contributed by atoms with Gasteiger partial charge in [0, 0.05) is 11.1 Å². The van der Waals surface area contributed by atoms with Gasteiger partial charge in [-0.05, 0) is 37.5 Å². The van der Waals surface area contributed by atoms with Crippen molar-refractivity contribution in [2.75, 3.05) is 0 Å². The van der Waals surface area contributed by atoms with Crippen molar-refractivity contribution in [1.29, 1.82) is 0 Å². The summed E-state index contributed by atoms with van der Waals surface area (Å²) in [5.74, 6) is 0.0232. The summed E-state index contributed by atoms with van der Waals surface area (Å²) in [7, 11) is 0. The van der Waals surface area contributed by atoms with Crippen LogP contribution >= 0.6 is 11.6 Å². The zero-order valence-corrected chi connectivity index (χ0v) is 12.0. The fourth-order valence-electron chi connectivity index (χ4n) is 2.66. The van der Waals surface area contributed by atoms with Crippen LogP contribution in [-0.4, -0.2) is 11.9 Å². The minimum atomic E-state index is -0.0459. The lowest BCUT2D eigenvalue weighted by molar-refractivity contribution is -0.127. The first-order chi connectivity index (χ1) is 9.08. The predicted molar refractivity (Wildman–Crippen MR) is 77.9 cm³/mol. The molecule has 104 valence electrons. The molecule has 1 amide bonds. The second-order valence-electron chi connectivity index (χ2n) is 5.34. The molecule has 19 heavy (non-hydrogen) atoms. The molecule has 0 aliphatic heterocycles. The number of nitrogens with two attached hydrogens (primary N) is 1. The maximum Gasteiger partial charge on any atom is 0.225 e. The maximum absolute atomic E-state index is 12.3. The molecule has 3 atom stereocenters. The number of rotatable bonds is 3. The molecule has 1 fully saturated rings. The standard InChI is InChI=1S/C15H21ClN2O/c1-10(11-5-4-6-12(16)9-11)18-15(19)13-7-2-3-8-14(13)17/h4-6,9-10,13-14H,2-3,7-8,17H2,1H3,(H,18,19)/t10-,13?,14?/m0/s1. The van der Waals surface area contributed by atoms with Gasteiger partial charge in [-0.3, -0.25) is 4.79 Å². The number of hydrogen-bond acceptors (Lipinski definition) is 2. The van der Waals surface area contributed by atoms with Crippen molar-refractivity contribution in [1.82, 2.24) is 5.32 Å². The molecule has 2 unspecified atom stereocenters. The summed E-state index contributed by atoms with van der Waals surface area (Å²) in [6.07, 6.45) is 4.07. The molecule has 1 aliphatic rings. The molecule has 0 radical (unpaired) electrons. The molecule has 1 aliphatic carbocycles. The van der Waals surface area contributed by atoms with E-state index >= 15 is 0 Å². The van der Waals surface area contributed by atoms with Gasteiger partial charge in [0.25, 0.3) is 0 Å². The van der Waals surface area contributed by atoms with E-state index in [4.69, 9.17) is 17.3 Å². The number of halogens is 1. The van der Waals surface area contributed by atoms with Gasteiger partial charge < -0.3 is 11.1 Å². The minimum absolute atomic E-state index is 0.000288. The Morgan fingerprint density at radius 1 is 1.42 bits per heavy atom. The van der Waals surface area contributed by atoms with Crippen molar-refractivity contribution in [3.63, 3.8) is 0 Å². The van der Waals surface area contributed by atoms with Crippen LogP contribution in [0.4, 0.5) is 0 Å². The Balaban J connectivity index is 1.98. The Morgan fingerprint density at radius 3 is 2.84 bits per heavy atom. The van der Waals surface area contributed by atoms with E-state index in [2.05, 4.69) is 5.32 Å². The van der Waals surface area contributed by atoms with Gasteiger partial charge >= 0.3 is 0 Å². The van der Waals surface area contributed by atoms with Crippen molar-refractivity contribution < 1.29 is 4.79 Å². The second-order valence-corrected chi connectivity index (χ2v) is 5.78. The lowest BCUT2D eigenvalue weighted by atomic mass is 9.84. The van der Waals surface area contributed by atoms with Crippen LogP contribution in [0.15, 0.2) is 24.3 Å². The van der Waals surface area contributed by atoms with Crippen molar-refractivity contribution in [2.24, 2.45) is 11.7 Å². The number of benzene rings is 1. The molecular weight excluding hydrogens is 260 g/mol. The van der Waals surface area contributed by atoms with E-state index in [1.807, 2.05) is 31.2 Å². The summed E-state index contributed by atoms with van der Waals surface area (Å²) in [4.78, 5) is 12.3. The number of amides is 1. The summed E-state index contributed by atoms with van der Waals surface area (Å²) in [5.41, 5.74) is 7.06. The predicted octanol–water partition coefficient (Wildman–Crippen LogP) is 3.03. The Kier molecular flexibility index (Phi) is 4.83. The Bertz CT molecular complexity index is 450. The Labute approximate surface area is 119 Å². The molecule has 1 aromatic rings. The van der Waals surface area contributed by atoms with Gasteiger partial charge in [0.1, 0.15) is 0 Å². The molecule has 1 aromatic carbocycles. The third-order valence-corrected chi connectivity index (χ3v) is 4.10. The maximum atomic E-state index is 12.3. The molecule has 2 rings (SSSR count). The van der Waals surface area contributed by atoms with Crippen molar-refractivity contribution in [3.05, 3.63) is 34.9 Å². The van der Waals surface area contributed by atoms with Gasteiger partial charge in [-0.2, -0.15) is 0 Å². The molecule has 1 saturated carbocycles. The zero-order chi connectivity index (χ0) is 13.8. The molecular formula is C15H21ClN2O. The normalized spacial score (nSPS) is 24.8. The molecule has 0 heterocycles. The molecule has 0 saturated heterocycles. The summed E-state index contributed by atoms with van der Waals surface area (Å²) < 4.78 is 0. The number of hydrogen-bond donors (Lipinski definition) is 2. The summed E-state index contributed by atoms with van der Waals surface area (Å²) >= 11 is 5.96. The van der Waals surface area contributed by atoms with Gasteiger partial charge in [0.15, 0.2) is 0 Å². The summed E-state index contributed by atoms with van der Waals surface area (Å²) in [6, 6.07) is 7.54. The van der Waals surface area contributed by atoms with Gasteiger partial charge in [0.2, 0.25) is 5.91 Å².